The van der Waals surface area contributed by atoms with Crippen molar-refractivity contribution in [2.45, 2.75) is 17.4 Å². The molecule has 1 atom stereocenters. The predicted molar refractivity (Wildman–Crippen MR) is 120 cm³/mol. The van der Waals surface area contributed by atoms with Gasteiger partial charge in [-0.3, -0.25) is 14.4 Å². The summed E-state index contributed by atoms with van der Waals surface area (Å²) in [5, 5.41) is 2.36. The lowest BCUT2D eigenvalue weighted by Crippen LogP contribution is -2.44. The second kappa shape index (κ2) is 11.5. The fourth-order valence-electron chi connectivity index (χ4n) is 2.63. The highest BCUT2D eigenvalue weighted by Crippen LogP contribution is 2.32. The van der Waals surface area contributed by atoms with Crippen LogP contribution in [-0.2, 0) is 4.79 Å². The molecule has 0 aliphatic heterocycles. The summed E-state index contributed by atoms with van der Waals surface area (Å²) in [6.45, 7) is 0. The smallest absolute Gasteiger partial charge is 0.253 e. The van der Waals surface area contributed by atoms with Gasteiger partial charge in [0.05, 0.1) is 25.3 Å². The molecular weight excluding hydrogens is 424 g/mol. The molecule has 30 heavy (non-hydrogen) atoms. The number of ether oxygens (including phenoxy) is 2. The quantitative estimate of drug-likeness (QED) is 0.538. The third-order valence-corrected chi connectivity index (χ3v) is 5.85. The molecule has 2 rings (SSSR count). The molecule has 0 aliphatic rings. The molecule has 0 spiro atoms. The standard InChI is InChI=1S/C21H24N2O5S2/c1-27-13-8-9-17(28-2)15(12-13)21(26)30-18-7-5-4-6-14(18)20(25)23-16(19(22)24)10-11-29-3/h4-9,12,16H,10-11H2,1-3H3,(H2,22,24)(H,23,25)/t16-/m0/s1. The number of primary amides is 1. The van der Waals surface area contributed by atoms with Crippen molar-refractivity contribution in [2.24, 2.45) is 5.73 Å². The van der Waals surface area contributed by atoms with E-state index in [1.165, 1.54) is 14.2 Å². The van der Waals surface area contributed by atoms with Crippen LogP contribution in [0, 0.1) is 0 Å². The molecule has 0 radical (unpaired) electrons. The highest BCUT2D eigenvalue weighted by atomic mass is 32.2. The van der Waals surface area contributed by atoms with Gasteiger partial charge < -0.3 is 20.5 Å². The second-order valence-corrected chi connectivity index (χ2v) is 8.16. The molecule has 0 bridgehead atoms. The first-order chi connectivity index (χ1) is 14.4. The van der Waals surface area contributed by atoms with Crippen LogP contribution < -0.4 is 20.5 Å². The molecule has 0 fully saturated rings. The van der Waals surface area contributed by atoms with Crippen LogP contribution in [0.25, 0.3) is 0 Å². The zero-order valence-corrected chi connectivity index (χ0v) is 18.6. The van der Waals surface area contributed by atoms with Crippen LogP contribution >= 0.6 is 23.5 Å². The Morgan fingerprint density at radius 3 is 2.43 bits per heavy atom. The lowest BCUT2D eigenvalue weighted by Gasteiger charge is -2.16. The van der Waals surface area contributed by atoms with E-state index in [0.29, 0.717) is 34.1 Å². The molecule has 160 valence electrons. The topological polar surface area (TPSA) is 108 Å². The molecule has 0 unspecified atom stereocenters. The molecule has 3 N–H and O–H groups in total. The highest BCUT2D eigenvalue weighted by Gasteiger charge is 2.22. The Morgan fingerprint density at radius 2 is 1.80 bits per heavy atom. The van der Waals surface area contributed by atoms with Gasteiger partial charge in [-0.05, 0) is 60.5 Å². The molecule has 9 heteroatoms. The molecule has 0 heterocycles. The van der Waals surface area contributed by atoms with Gasteiger partial charge in [-0.25, -0.2) is 0 Å². The van der Waals surface area contributed by atoms with E-state index in [2.05, 4.69) is 5.32 Å². The predicted octanol–water partition coefficient (Wildman–Crippen LogP) is 2.97. The van der Waals surface area contributed by atoms with E-state index in [9.17, 15) is 14.4 Å². The number of thioether (sulfide) groups is 2. The van der Waals surface area contributed by atoms with Crippen LogP contribution in [0.1, 0.15) is 27.1 Å². The summed E-state index contributed by atoms with van der Waals surface area (Å²) in [6, 6.07) is 10.8. The van der Waals surface area contributed by atoms with E-state index in [0.717, 1.165) is 11.8 Å². The summed E-state index contributed by atoms with van der Waals surface area (Å²) in [7, 11) is 2.98. The Kier molecular flexibility index (Phi) is 9.07. The van der Waals surface area contributed by atoms with Gasteiger partial charge in [-0.1, -0.05) is 12.1 Å². The first-order valence-electron chi connectivity index (χ1n) is 9.03. The summed E-state index contributed by atoms with van der Waals surface area (Å²) >= 11 is 2.45. The monoisotopic (exact) mass is 448 g/mol. The Hall–Kier alpha value is -2.65. The first-order valence-corrected chi connectivity index (χ1v) is 11.2. The van der Waals surface area contributed by atoms with Crippen LogP contribution in [0.15, 0.2) is 47.4 Å². The van der Waals surface area contributed by atoms with Crippen molar-refractivity contribution < 1.29 is 23.9 Å². The minimum atomic E-state index is -0.780. The van der Waals surface area contributed by atoms with Crippen molar-refractivity contribution in [1.82, 2.24) is 5.32 Å². The maximum absolute atomic E-state index is 12.9. The van der Waals surface area contributed by atoms with Gasteiger partial charge in [-0.2, -0.15) is 11.8 Å². The highest BCUT2D eigenvalue weighted by molar-refractivity contribution is 8.14. The Bertz CT molecular complexity index is 920. The SMILES string of the molecule is COc1ccc(OC)c(C(=O)Sc2ccccc2C(=O)N[C@@H](CCSC)C(N)=O)c1. The zero-order chi connectivity index (χ0) is 22.1. The molecule has 7 nitrogen and oxygen atoms in total. The lowest BCUT2D eigenvalue weighted by molar-refractivity contribution is -0.119. The number of nitrogens with two attached hydrogens (primary N) is 1. The largest absolute Gasteiger partial charge is 0.497 e. The lowest BCUT2D eigenvalue weighted by atomic mass is 10.1. The van der Waals surface area contributed by atoms with E-state index in [4.69, 9.17) is 15.2 Å². The third kappa shape index (κ3) is 6.17. The van der Waals surface area contributed by atoms with Crippen molar-refractivity contribution in [3.63, 3.8) is 0 Å². The van der Waals surface area contributed by atoms with E-state index in [1.54, 1.807) is 54.2 Å². The summed E-state index contributed by atoms with van der Waals surface area (Å²) in [5.74, 6) is 0.538. The fraction of sp³-hybridized carbons (Fsp3) is 0.286. The van der Waals surface area contributed by atoms with Crippen molar-refractivity contribution >= 4 is 40.5 Å². The molecule has 0 aliphatic carbocycles. The summed E-state index contributed by atoms with van der Waals surface area (Å²) < 4.78 is 10.5. The number of amides is 2. The van der Waals surface area contributed by atoms with Crippen molar-refractivity contribution in [3.05, 3.63) is 53.6 Å². The summed E-state index contributed by atoms with van der Waals surface area (Å²) in [6.07, 6.45) is 2.34. The van der Waals surface area contributed by atoms with E-state index < -0.39 is 17.9 Å². The number of rotatable bonds is 10. The summed E-state index contributed by atoms with van der Waals surface area (Å²) in [5.41, 5.74) is 6.02. The number of nitrogens with one attached hydrogen (secondary N) is 1. The Morgan fingerprint density at radius 1 is 1.07 bits per heavy atom. The van der Waals surface area contributed by atoms with Crippen LogP contribution in [0.5, 0.6) is 11.5 Å². The van der Waals surface area contributed by atoms with Crippen LogP contribution in [0.3, 0.4) is 0 Å². The third-order valence-electron chi connectivity index (χ3n) is 4.22. The number of hydrogen-bond donors (Lipinski definition) is 2. The molecule has 0 saturated carbocycles. The first kappa shape index (κ1) is 23.6. The van der Waals surface area contributed by atoms with Crippen molar-refractivity contribution in [2.75, 3.05) is 26.2 Å². The molecular formula is C21H24N2O5S2. The maximum Gasteiger partial charge on any atom is 0.253 e. The van der Waals surface area contributed by atoms with Gasteiger partial charge in [0.25, 0.3) is 5.91 Å². The minimum absolute atomic E-state index is 0.285. The van der Waals surface area contributed by atoms with Gasteiger partial charge in [-0.15, -0.1) is 0 Å². The van der Waals surface area contributed by atoms with Gasteiger partial charge in [0.2, 0.25) is 11.0 Å². The minimum Gasteiger partial charge on any atom is -0.497 e. The van der Waals surface area contributed by atoms with Crippen LogP contribution in [0.2, 0.25) is 0 Å². The number of hydrogen-bond acceptors (Lipinski definition) is 7. The fourth-order valence-corrected chi connectivity index (χ4v) is 3.99. The zero-order valence-electron chi connectivity index (χ0n) is 17.0. The normalized spacial score (nSPS) is 11.4. The molecule has 0 saturated heterocycles. The molecule has 0 aromatic heterocycles. The van der Waals surface area contributed by atoms with Gasteiger partial charge in [0, 0.05) is 4.90 Å². The number of methoxy groups -OCH3 is 2. The maximum atomic E-state index is 12.9. The van der Waals surface area contributed by atoms with E-state index in [1.807, 2.05) is 6.26 Å². The summed E-state index contributed by atoms with van der Waals surface area (Å²) in [4.78, 5) is 37.8. The Labute approximate surface area is 184 Å². The van der Waals surface area contributed by atoms with Crippen molar-refractivity contribution in [1.29, 1.82) is 0 Å². The van der Waals surface area contributed by atoms with Gasteiger partial charge in [0.1, 0.15) is 17.5 Å². The number of benzene rings is 2. The van der Waals surface area contributed by atoms with Crippen molar-refractivity contribution in [3.8, 4) is 11.5 Å². The molecule has 2 aromatic carbocycles. The molecule has 2 aromatic rings. The second-order valence-electron chi connectivity index (χ2n) is 6.16. The number of carbonyl (C=O) groups is 3. The van der Waals surface area contributed by atoms with Crippen LogP contribution in [-0.4, -0.2) is 49.2 Å². The van der Waals surface area contributed by atoms with E-state index in [-0.39, 0.29) is 10.7 Å². The Balaban J connectivity index is 2.26. The average Bonchev–Trinajstić information content (AvgIpc) is 2.76. The van der Waals surface area contributed by atoms with Gasteiger partial charge >= 0.3 is 0 Å². The number of carbonyl (C=O) groups excluding carboxylic acids is 3. The van der Waals surface area contributed by atoms with Crippen LogP contribution in [0.4, 0.5) is 0 Å². The van der Waals surface area contributed by atoms with Gasteiger partial charge in [0.15, 0.2) is 0 Å². The van der Waals surface area contributed by atoms with E-state index >= 15 is 0 Å². The molecule has 2 amide bonds. The average molecular weight is 449 g/mol.